The number of carbonyl (C=O) groups is 1. The van der Waals surface area contributed by atoms with E-state index < -0.39 is 29.2 Å². The zero-order valence-corrected chi connectivity index (χ0v) is 17.1. The van der Waals surface area contributed by atoms with Crippen molar-refractivity contribution in [3.63, 3.8) is 0 Å². The van der Waals surface area contributed by atoms with Gasteiger partial charge in [-0.25, -0.2) is 15.0 Å². The molecule has 166 valence electrons. The molecule has 0 saturated heterocycles. The first-order valence-corrected chi connectivity index (χ1v) is 9.75. The number of hydrogen-bond donors (Lipinski definition) is 1. The van der Waals surface area contributed by atoms with Crippen molar-refractivity contribution in [1.82, 2.24) is 30.0 Å². The molecule has 1 fully saturated rings. The smallest absolute Gasteiger partial charge is 0.342 e. The monoisotopic (exact) mass is 452 g/mol. The van der Waals surface area contributed by atoms with Gasteiger partial charge < -0.3 is 5.32 Å². The lowest BCUT2D eigenvalue weighted by Gasteiger charge is -2.16. The summed E-state index contributed by atoms with van der Waals surface area (Å²) in [6, 6.07) is 8.16. The van der Waals surface area contributed by atoms with Gasteiger partial charge in [0, 0.05) is 11.8 Å². The molecule has 4 rings (SSSR count). The quantitative estimate of drug-likeness (QED) is 0.629. The predicted octanol–water partition coefficient (Wildman–Crippen LogP) is 2.99. The van der Waals surface area contributed by atoms with Gasteiger partial charge in [0.25, 0.3) is 5.91 Å². The number of amides is 1. The molecule has 3 aromatic rings. The second-order valence-corrected chi connectivity index (χ2v) is 7.56. The minimum atomic E-state index is -4.77. The van der Waals surface area contributed by atoms with Crippen LogP contribution in [0.25, 0.3) is 5.82 Å². The number of pyridine rings is 2. The summed E-state index contributed by atoms with van der Waals surface area (Å²) in [5, 5.41) is 24.9. The van der Waals surface area contributed by atoms with Gasteiger partial charge in [0.15, 0.2) is 11.6 Å². The summed E-state index contributed by atoms with van der Waals surface area (Å²) in [5.41, 5.74) is -2.31. The van der Waals surface area contributed by atoms with Gasteiger partial charge in [0.2, 0.25) is 0 Å². The summed E-state index contributed by atoms with van der Waals surface area (Å²) in [7, 11) is 0. The minimum absolute atomic E-state index is 0.0671. The lowest BCUT2D eigenvalue weighted by molar-refractivity contribution is -0.141. The van der Waals surface area contributed by atoms with E-state index in [4.69, 9.17) is 5.26 Å². The van der Waals surface area contributed by atoms with E-state index >= 15 is 0 Å². The molecule has 3 aromatic heterocycles. The first-order valence-electron chi connectivity index (χ1n) is 9.75. The largest absolute Gasteiger partial charge is 0.433 e. The molecule has 9 nitrogen and oxygen atoms in total. The molecule has 0 spiro atoms. The molecule has 1 saturated carbocycles. The number of halogens is 3. The van der Waals surface area contributed by atoms with Gasteiger partial charge >= 0.3 is 6.18 Å². The van der Waals surface area contributed by atoms with Gasteiger partial charge in [0.1, 0.15) is 18.1 Å². The Kier molecular flexibility index (Phi) is 5.30. The maximum absolute atomic E-state index is 13.4. The van der Waals surface area contributed by atoms with Crippen molar-refractivity contribution >= 4 is 5.91 Å². The fourth-order valence-electron chi connectivity index (χ4n) is 3.25. The standard InChI is InChI=1S/C21H15F3N8O/c1-12(18-28-11-29-32(18)17-3-2-13(8-25)9-27-17)30-19(33)14-6-15(20(10-26)4-5-20)31-16(7-14)21(22,23)24/h2-3,6-7,9,11-12H,4-5H2,1H3,(H,30,33). The summed E-state index contributed by atoms with van der Waals surface area (Å²) in [5.74, 6) is -0.160. The summed E-state index contributed by atoms with van der Waals surface area (Å²) in [6.45, 7) is 1.59. The second kappa shape index (κ2) is 7.98. The van der Waals surface area contributed by atoms with Crippen LogP contribution < -0.4 is 5.32 Å². The predicted molar refractivity (Wildman–Crippen MR) is 106 cm³/mol. The van der Waals surface area contributed by atoms with Crippen molar-refractivity contribution in [2.75, 3.05) is 0 Å². The first kappa shape index (κ1) is 21.9. The minimum Gasteiger partial charge on any atom is -0.342 e. The molecular formula is C21H15F3N8O. The highest BCUT2D eigenvalue weighted by atomic mass is 19.4. The third-order valence-electron chi connectivity index (χ3n) is 5.24. The van der Waals surface area contributed by atoms with E-state index in [9.17, 15) is 23.2 Å². The van der Waals surface area contributed by atoms with Crippen LogP contribution in [-0.4, -0.2) is 30.6 Å². The second-order valence-electron chi connectivity index (χ2n) is 7.56. The Labute approximate surface area is 185 Å². The van der Waals surface area contributed by atoms with Gasteiger partial charge in [0.05, 0.1) is 28.8 Å². The van der Waals surface area contributed by atoms with Crippen molar-refractivity contribution in [2.45, 2.75) is 37.4 Å². The van der Waals surface area contributed by atoms with Crippen LogP contribution in [0.15, 0.2) is 36.8 Å². The van der Waals surface area contributed by atoms with E-state index in [1.54, 1.807) is 13.0 Å². The van der Waals surface area contributed by atoms with Crippen LogP contribution in [0.4, 0.5) is 13.2 Å². The van der Waals surface area contributed by atoms with Crippen LogP contribution in [-0.2, 0) is 11.6 Å². The van der Waals surface area contributed by atoms with Gasteiger partial charge in [-0.15, -0.1) is 0 Å². The number of carbonyl (C=O) groups excluding carboxylic acids is 1. The molecule has 1 atom stereocenters. The van der Waals surface area contributed by atoms with Crippen molar-refractivity contribution in [3.8, 4) is 18.0 Å². The summed E-state index contributed by atoms with van der Waals surface area (Å²) in [6.07, 6.45) is -1.41. The van der Waals surface area contributed by atoms with Crippen molar-refractivity contribution in [1.29, 1.82) is 10.5 Å². The molecular weight excluding hydrogens is 437 g/mol. The molecule has 33 heavy (non-hydrogen) atoms. The number of hydrogen-bond acceptors (Lipinski definition) is 7. The highest BCUT2D eigenvalue weighted by Gasteiger charge is 2.48. The molecule has 1 aliphatic carbocycles. The highest BCUT2D eigenvalue weighted by Crippen LogP contribution is 2.47. The number of nitriles is 2. The van der Waals surface area contributed by atoms with Crippen molar-refractivity contribution < 1.29 is 18.0 Å². The van der Waals surface area contributed by atoms with Gasteiger partial charge in [-0.2, -0.15) is 33.5 Å². The van der Waals surface area contributed by atoms with E-state index in [-0.39, 0.29) is 17.1 Å². The number of aromatic nitrogens is 5. The Morgan fingerprint density at radius 3 is 2.58 bits per heavy atom. The average molecular weight is 452 g/mol. The van der Waals surface area contributed by atoms with Crippen LogP contribution in [0.3, 0.4) is 0 Å². The molecule has 0 radical (unpaired) electrons. The summed E-state index contributed by atoms with van der Waals surface area (Å²) < 4.78 is 41.5. The Morgan fingerprint density at radius 2 is 2.00 bits per heavy atom. The Hall–Kier alpha value is -4.32. The first-order chi connectivity index (χ1) is 15.7. The average Bonchev–Trinajstić information content (AvgIpc) is 3.46. The van der Waals surface area contributed by atoms with Gasteiger partial charge in [-0.3, -0.25) is 4.79 Å². The van der Waals surface area contributed by atoms with E-state index in [0.29, 0.717) is 30.3 Å². The highest BCUT2D eigenvalue weighted by molar-refractivity contribution is 5.94. The maximum Gasteiger partial charge on any atom is 0.433 e. The van der Waals surface area contributed by atoms with E-state index in [1.807, 2.05) is 12.1 Å². The summed E-state index contributed by atoms with van der Waals surface area (Å²) >= 11 is 0. The van der Waals surface area contributed by atoms with E-state index in [1.165, 1.54) is 29.3 Å². The summed E-state index contributed by atoms with van der Waals surface area (Å²) in [4.78, 5) is 24.7. The molecule has 0 bridgehead atoms. The third kappa shape index (κ3) is 4.23. The van der Waals surface area contributed by atoms with E-state index in [2.05, 4.69) is 25.4 Å². The van der Waals surface area contributed by atoms with Crippen LogP contribution in [0.1, 0.15) is 58.9 Å². The van der Waals surface area contributed by atoms with E-state index in [0.717, 1.165) is 0 Å². The molecule has 12 heteroatoms. The zero-order valence-electron chi connectivity index (χ0n) is 17.1. The number of nitrogens with zero attached hydrogens (tertiary/aromatic N) is 7. The molecule has 0 aromatic carbocycles. The van der Waals surface area contributed by atoms with Gasteiger partial charge in [-0.1, -0.05) is 0 Å². The molecule has 3 heterocycles. The van der Waals surface area contributed by atoms with Crippen LogP contribution in [0, 0.1) is 22.7 Å². The molecule has 1 N–H and O–H groups in total. The maximum atomic E-state index is 13.4. The fraction of sp³-hybridized carbons (Fsp3) is 0.286. The SMILES string of the molecule is CC(NC(=O)c1cc(C(F)(F)F)nc(C2(C#N)CC2)c1)c1ncnn1-c1ccc(C#N)cn1. The van der Waals surface area contributed by atoms with Crippen LogP contribution in [0.5, 0.6) is 0 Å². The van der Waals surface area contributed by atoms with Crippen molar-refractivity contribution in [3.05, 3.63) is 65.1 Å². The lowest BCUT2D eigenvalue weighted by Crippen LogP contribution is -2.29. The van der Waals surface area contributed by atoms with Crippen LogP contribution in [0.2, 0.25) is 0 Å². The van der Waals surface area contributed by atoms with Crippen molar-refractivity contribution in [2.24, 2.45) is 0 Å². The Morgan fingerprint density at radius 1 is 1.24 bits per heavy atom. The van der Waals surface area contributed by atoms with Crippen LogP contribution >= 0.6 is 0 Å². The Balaban J connectivity index is 1.62. The number of alkyl halides is 3. The normalized spacial score (nSPS) is 15.2. The molecule has 0 aliphatic heterocycles. The number of nitrogens with one attached hydrogen (secondary N) is 1. The topological polar surface area (TPSA) is 133 Å². The lowest BCUT2D eigenvalue weighted by atomic mass is 10.0. The molecule has 1 unspecified atom stereocenters. The zero-order chi connectivity index (χ0) is 23.8. The number of rotatable bonds is 5. The van der Waals surface area contributed by atoms with Gasteiger partial charge in [-0.05, 0) is 44.0 Å². The molecule has 1 aliphatic rings. The third-order valence-corrected chi connectivity index (χ3v) is 5.24. The Bertz CT molecular complexity index is 1300. The molecule has 1 amide bonds. The fourth-order valence-corrected chi connectivity index (χ4v) is 3.25.